The number of H-pyrrole nitrogens is 1. The first-order valence-electron chi connectivity index (χ1n) is 4.49. The molecule has 1 heterocycles. The number of nitrogens with zero attached hydrogens (tertiary/aromatic N) is 2. The Bertz CT molecular complexity index is 493. The van der Waals surface area contributed by atoms with Gasteiger partial charge in [-0.2, -0.15) is 15.4 Å². The Labute approximate surface area is 99.0 Å². The monoisotopic (exact) mass is 283 g/mol. The fourth-order valence-corrected chi connectivity index (χ4v) is 1.84. The van der Waals surface area contributed by atoms with Gasteiger partial charge in [-0.1, -0.05) is 15.9 Å². The lowest BCUT2D eigenvalue weighted by Gasteiger charge is -2.00. The molecule has 6 heteroatoms. The van der Waals surface area contributed by atoms with Crippen molar-refractivity contribution in [3.63, 3.8) is 0 Å². The molecule has 16 heavy (non-hydrogen) atoms. The second-order valence-corrected chi connectivity index (χ2v) is 4.15. The van der Waals surface area contributed by atoms with Crippen molar-refractivity contribution in [2.45, 2.75) is 6.42 Å². The van der Waals surface area contributed by atoms with Gasteiger partial charge in [0.25, 0.3) is 0 Å². The summed E-state index contributed by atoms with van der Waals surface area (Å²) in [6.45, 7) is 0. The molecule has 0 fully saturated rings. The van der Waals surface area contributed by atoms with Crippen molar-refractivity contribution in [1.29, 1.82) is 0 Å². The standard InChI is InChI=1S/C10H7BrFN3O/c11-7-1-6(2-8(12)4-7)3-10(16)9-5-13-15-14-9/h1-2,4-5H,3H2,(H,13,14,15). The summed E-state index contributed by atoms with van der Waals surface area (Å²) in [6, 6.07) is 4.36. The predicted octanol–water partition coefficient (Wildman–Crippen LogP) is 2.13. The van der Waals surface area contributed by atoms with Gasteiger partial charge in [-0.05, 0) is 23.8 Å². The molecule has 1 aromatic carbocycles. The van der Waals surface area contributed by atoms with Crippen LogP contribution in [0.15, 0.2) is 28.9 Å². The maximum Gasteiger partial charge on any atom is 0.189 e. The molecule has 0 bridgehead atoms. The second-order valence-electron chi connectivity index (χ2n) is 3.23. The van der Waals surface area contributed by atoms with Crippen LogP contribution in [0.5, 0.6) is 0 Å². The van der Waals surface area contributed by atoms with E-state index >= 15 is 0 Å². The zero-order chi connectivity index (χ0) is 11.5. The van der Waals surface area contributed by atoms with Crippen molar-refractivity contribution >= 4 is 21.7 Å². The molecule has 0 radical (unpaired) electrons. The second kappa shape index (κ2) is 4.52. The highest BCUT2D eigenvalue weighted by Crippen LogP contribution is 2.16. The zero-order valence-corrected chi connectivity index (χ0v) is 9.66. The van der Waals surface area contributed by atoms with Gasteiger partial charge in [-0.3, -0.25) is 4.79 Å². The predicted molar refractivity (Wildman–Crippen MR) is 58.5 cm³/mol. The van der Waals surface area contributed by atoms with Crippen molar-refractivity contribution in [2.75, 3.05) is 0 Å². The molecule has 1 aromatic heterocycles. The van der Waals surface area contributed by atoms with E-state index in [-0.39, 0.29) is 23.7 Å². The molecule has 82 valence electrons. The Morgan fingerprint density at radius 2 is 2.25 bits per heavy atom. The Balaban J connectivity index is 2.18. The maximum absolute atomic E-state index is 13.0. The minimum atomic E-state index is -0.377. The highest BCUT2D eigenvalue weighted by Gasteiger charge is 2.10. The minimum Gasteiger partial charge on any atom is -0.292 e. The molecular weight excluding hydrogens is 277 g/mol. The summed E-state index contributed by atoms with van der Waals surface area (Å²) in [6.07, 6.45) is 1.44. The third kappa shape index (κ3) is 2.52. The van der Waals surface area contributed by atoms with Crippen LogP contribution in [0.4, 0.5) is 4.39 Å². The number of carbonyl (C=O) groups excluding carboxylic acids is 1. The number of rotatable bonds is 3. The van der Waals surface area contributed by atoms with E-state index in [1.807, 2.05) is 0 Å². The smallest absolute Gasteiger partial charge is 0.189 e. The number of hydrogen-bond donors (Lipinski definition) is 1. The quantitative estimate of drug-likeness (QED) is 0.878. The number of nitrogens with one attached hydrogen (secondary N) is 1. The van der Waals surface area contributed by atoms with Crippen LogP contribution < -0.4 is 0 Å². The number of aromatic nitrogens is 3. The van der Waals surface area contributed by atoms with E-state index in [4.69, 9.17) is 0 Å². The summed E-state index contributed by atoms with van der Waals surface area (Å²) >= 11 is 3.17. The number of hydrogen-bond acceptors (Lipinski definition) is 3. The number of ketones is 1. The number of aromatic amines is 1. The van der Waals surface area contributed by atoms with Gasteiger partial charge in [0.2, 0.25) is 0 Å². The molecule has 2 rings (SSSR count). The van der Waals surface area contributed by atoms with Crippen LogP contribution >= 0.6 is 15.9 Å². The van der Waals surface area contributed by atoms with Gasteiger partial charge >= 0.3 is 0 Å². The van der Waals surface area contributed by atoms with E-state index in [0.29, 0.717) is 10.0 Å². The third-order valence-corrected chi connectivity index (χ3v) is 2.45. The summed E-state index contributed by atoms with van der Waals surface area (Å²) in [5, 5.41) is 9.56. The Morgan fingerprint density at radius 3 is 2.88 bits per heavy atom. The molecule has 0 aliphatic rings. The minimum absolute atomic E-state index is 0.100. The number of Topliss-reactive ketones (excluding diaryl/α,β-unsaturated/α-hetero) is 1. The van der Waals surface area contributed by atoms with Crippen LogP contribution in [0.3, 0.4) is 0 Å². The number of halogens is 2. The van der Waals surface area contributed by atoms with E-state index in [1.54, 1.807) is 6.07 Å². The van der Waals surface area contributed by atoms with E-state index in [9.17, 15) is 9.18 Å². The maximum atomic E-state index is 13.0. The van der Waals surface area contributed by atoms with Crippen LogP contribution in [0, 0.1) is 5.82 Å². The van der Waals surface area contributed by atoms with Crippen LogP contribution in [0.1, 0.15) is 16.1 Å². The molecule has 0 spiro atoms. The molecule has 0 aliphatic heterocycles. The first kappa shape index (κ1) is 10.9. The summed E-state index contributed by atoms with van der Waals surface area (Å²) < 4.78 is 13.7. The number of benzene rings is 1. The van der Waals surface area contributed by atoms with Gasteiger partial charge < -0.3 is 0 Å². The van der Waals surface area contributed by atoms with Crippen LogP contribution in [0.2, 0.25) is 0 Å². The van der Waals surface area contributed by atoms with Crippen molar-refractivity contribution in [1.82, 2.24) is 15.4 Å². The van der Waals surface area contributed by atoms with E-state index in [1.165, 1.54) is 18.3 Å². The molecule has 2 aromatic rings. The Hall–Kier alpha value is -1.56. The summed E-state index contributed by atoms with van der Waals surface area (Å²) in [4.78, 5) is 11.6. The normalized spacial score (nSPS) is 10.4. The Morgan fingerprint density at radius 1 is 1.44 bits per heavy atom. The van der Waals surface area contributed by atoms with Crippen LogP contribution in [-0.4, -0.2) is 21.2 Å². The van der Waals surface area contributed by atoms with E-state index < -0.39 is 0 Å². The average Bonchev–Trinajstić information content (AvgIpc) is 2.68. The van der Waals surface area contributed by atoms with Gasteiger partial charge in [0.15, 0.2) is 5.78 Å². The van der Waals surface area contributed by atoms with E-state index in [0.717, 1.165) is 0 Å². The van der Waals surface area contributed by atoms with Crippen LogP contribution in [0.25, 0.3) is 0 Å². The summed E-state index contributed by atoms with van der Waals surface area (Å²) in [7, 11) is 0. The lowest BCUT2D eigenvalue weighted by atomic mass is 10.1. The van der Waals surface area contributed by atoms with Crippen molar-refractivity contribution in [3.05, 3.63) is 45.9 Å². The van der Waals surface area contributed by atoms with Crippen molar-refractivity contribution in [2.24, 2.45) is 0 Å². The van der Waals surface area contributed by atoms with Crippen LogP contribution in [-0.2, 0) is 6.42 Å². The molecule has 0 unspecified atom stereocenters. The third-order valence-electron chi connectivity index (χ3n) is 1.99. The lowest BCUT2D eigenvalue weighted by molar-refractivity contribution is 0.0988. The summed E-state index contributed by atoms with van der Waals surface area (Å²) in [5.74, 6) is -0.580. The molecule has 1 N–H and O–H groups in total. The molecule has 0 atom stereocenters. The average molecular weight is 284 g/mol. The first-order chi connectivity index (χ1) is 7.65. The van der Waals surface area contributed by atoms with Gasteiger partial charge in [-0.25, -0.2) is 4.39 Å². The molecule has 0 saturated carbocycles. The molecule has 4 nitrogen and oxygen atoms in total. The van der Waals surface area contributed by atoms with Gasteiger partial charge in [0, 0.05) is 10.9 Å². The molecule has 0 amide bonds. The summed E-state index contributed by atoms with van der Waals surface area (Å²) in [5.41, 5.74) is 0.847. The highest BCUT2D eigenvalue weighted by atomic mass is 79.9. The topological polar surface area (TPSA) is 58.6 Å². The van der Waals surface area contributed by atoms with Gasteiger partial charge in [0.1, 0.15) is 11.5 Å². The van der Waals surface area contributed by atoms with Crippen molar-refractivity contribution in [3.8, 4) is 0 Å². The Kier molecular flexibility index (Phi) is 3.09. The van der Waals surface area contributed by atoms with Gasteiger partial charge in [-0.15, -0.1) is 0 Å². The number of carbonyl (C=O) groups is 1. The molecular formula is C10H7BrFN3O. The fourth-order valence-electron chi connectivity index (χ4n) is 1.32. The molecule has 0 aliphatic carbocycles. The zero-order valence-electron chi connectivity index (χ0n) is 8.08. The largest absolute Gasteiger partial charge is 0.292 e. The fraction of sp³-hybridized carbons (Fsp3) is 0.100. The highest BCUT2D eigenvalue weighted by molar-refractivity contribution is 9.10. The first-order valence-corrected chi connectivity index (χ1v) is 5.28. The van der Waals surface area contributed by atoms with E-state index in [2.05, 4.69) is 31.3 Å². The molecule has 0 saturated heterocycles. The lowest BCUT2D eigenvalue weighted by Crippen LogP contribution is -2.04. The van der Waals surface area contributed by atoms with Gasteiger partial charge in [0.05, 0.1) is 6.20 Å². The SMILES string of the molecule is O=C(Cc1cc(F)cc(Br)c1)c1cn[nH]n1. The van der Waals surface area contributed by atoms with Crippen molar-refractivity contribution < 1.29 is 9.18 Å².